The molecule has 15 heavy (non-hydrogen) atoms. The number of amides is 1. The van der Waals surface area contributed by atoms with Crippen molar-refractivity contribution in [1.82, 2.24) is 4.90 Å². The summed E-state index contributed by atoms with van der Waals surface area (Å²) in [4.78, 5) is 14.6. The van der Waals surface area contributed by atoms with Gasteiger partial charge in [0, 0.05) is 18.0 Å². The van der Waals surface area contributed by atoms with Crippen LogP contribution in [0.5, 0.6) is 0 Å². The van der Waals surface area contributed by atoms with Crippen LogP contribution in [0.4, 0.5) is 13.2 Å². The van der Waals surface area contributed by atoms with Crippen LogP contribution in [0.1, 0.15) is 6.42 Å². The minimum Gasteiger partial charge on any atom is -0.342 e. The largest absolute Gasteiger partial charge is 0.393 e. The summed E-state index contributed by atoms with van der Waals surface area (Å²) in [6.07, 6.45) is -4.33. The number of alkyl halides is 3. The molecule has 5 nitrogen and oxygen atoms in total. The highest BCUT2D eigenvalue weighted by atomic mass is 19.4. The van der Waals surface area contributed by atoms with Gasteiger partial charge in [-0.15, -0.1) is 0 Å². The molecule has 1 unspecified atom stereocenters. The van der Waals surface area contributed by atoms with Gasteiger partial charge in [-0.3, -0.25) is 4.79 Å². The Labute approximate surface area is 83.5 Å². The number of carbonyl (C=O) groups excluding carboxylic acids is 1. The molecular weight excluding hydrogens is 213 g/mol. The molecule has 0 N–H and O–H groups in total. The molecule has 0 saturated carbocycles. The standard InChI is InChI=1S/C7H9F3N4O/c8-7(9,10)5-1-2-14(4-5)6(15)3-12-13-11/h5H,1-4H2. The first-order valence-electron chi connectivity index (χ1n) is 4.30. The Morgan fingerprint density at radius 3 is 2.73 bits per heavy atom. The van der Waals surface area contributed by atoms with Crippen LogP contribution < -0.4 is 0 Å². The predicted molar refractivity (Wildman–Crippen MR) is 44.8 cm³/mol. The lowest BCUT2D eigenvalue weighted by Crippen LogP contribution is -2.33. The Morgan fingerprint density at radius 2 is 2.27 bits per heavy atom. The van der Waals surface area contributed by atoms with Gasteiger partial charge < -0.3 is 4.90 Å². The molecule has 1 aliphatic heterocycles. The van der Waals surface area contributed by atoms with E-state index in [4.69, 9.17) is 5.53 Å². The Morgan fingerprint density at radius 1 is 1.60 bits per heavy atom. The fourth-order valence-electron chi connectivity index (χ4n) is 1.45. The Balaban J connectivity index is 2.49. The van der Waals surface area contributed by atoms with Gasteiger partial charge in [0.15, 0.2) is 0 Å². The van der Waals surface area contributed by atoms with Crippen LogP contribution >= 0.6 is 0 Å². The third-order valence-corrected chi connectivity index (χ3v) is 2.27. The lowest BCUT2D eigenvalue weighted by Gasteiger charge is -2.16. The minimum atomic E-state index is -4.26. The summed E-state index contributed by atoms with van der Waals surface area (Å²) in [6, 6.07) is 0. The Hall–Kier alpha value is -1.43. The van der Waals surface area contributed by atoms with Crippen LogP contribution in [0.2, 0.25) is 0 Å². The van der Waals surface area contributed by atoms with Gasteiger partial charge in [-0.2, -0.15) is 13.2 Å². The zero-order valence-electron chi connectivity index (χ0n) is 7.74. The fraction of sp³-hybridized carbons (Fsp3) is 0.857. The van der Waals surface area contributed by atoms with Crippen LogP contribution in [-0.2, 0) is 4.79 Å². The second kappa shape index (κ2) is 4.39. The molecule has 8 heteroatoms. The van der Waals surface area contributed by atoms with E-state index in [1.165, 1.54) is 0 Å². The molecule has 0 aromatic rings. The summed E-state index contributed by atoms with van der Waals surface area (Å²) >= 11 is 0. The van der Waals surface area contributed by atoms with E-state index < -0.39 is 24.5 Å². The number of halogens is 3. The van der Waals surface area contributed by atoms with Crippen LogP contribution in [-0.4, -0.2) is 36.6 Å². The maximum atomic E-state index is 12.2. The van der Waals surface area contributed by atoms with Gasteiger partial charge in [-0.1, -0.05) is 5.11 Å². The average Bonchev–Trinajstić information content (AvgIpc) is 2.62. The highest BCUT2D eigenvalue weighted by Gasteiger charge is 2.44. The molecule has 1 atom stereocenters. The third kappa shape index (κ3) is 3.02. The second-order valence-corrected chi connectivity index (χ2v) is 3.26. The van der Waals surface area contributed by atoms with Gasteiger partial charge in [0.2, 0.25) is 5.91 Å². The summed E-state index contributed by atoms with van der Waals surface area (Å²) in [6.45, 7) is -0.672. The lowest BCUT2D eigenvalue weighted by atomic mass is 10.1. The normalized spacial score (nSPS) is 21.3. The van der Waals surface area contributed by atoms with Gasteiger partial charge in [0.05, 0.1) is 5.92 Å². The SMILES string of the molecule is [N-]=[N+]=NCC(=O)N1CCC(C(F)(F)F)C1. The van der Waals surface area contributed by atoms with Crippen molar-refractivity contribution < 1.29 is 18.0 Å². The molecule has 0 spiro atoms. The van der Waals surface area contributed by atoms with E-state index in [-0.39, 0.29) is 19.5 Å². The van der Waals surface area contributed by atoms with Crippen LogP contribution in [0.15, 0.2) is 5.11 Å². The summed E-state index contributed by atoms with van der Waals surface area (Å²) in [5, 5.41) is 3.01. The van der Waals surface area contributed by atoms with Crippen molar-refractivity contribution >= 4 is 5.91 Å². The predicted octanol–water partition coefficient (Wildman–Crippen LogP) is 1.71. The van der Waals surface area contributed by atoms with E-state index in [1.807, 2.05) is 0 Å². The number of azide groups is 1. The van der Waals surface area contributed by atoms with E-state index in [0.717, 1.165) is 4.90 Å². The van der Waals surface area contributed by atoms with Gasteiger partial charge in [0.1, 0.15) is 6.54 Å². The fourth-order valence-corrected chi connectivity index (χ4v) is 1.45. The number of likely N-dealkylation sites (tertiary alicyclic amines) is 1. The van der Waals surface area contributed by atoms with Crippen LogP contribution in [0.25, 0.3) is 10.4 Å². The summed E-state index contributed by atoms with van der Waals surface area (Å²) in [7, 11) is 0. The van der Waals surface area contributed by atoms with Crippen molar-refractivity contribution in [3.63, 3.8) is 0 Å². The van der Waals surface area contributed by atoms with Gasteiger partial charge in [-0.05, 0) is 12.0 Å². The summed E-state index contributed by atoms with van der Waals surface area (Å²) in [5.74, 6) is -2.01. The molecule has 1 rings (SSSR count). The number of carbonyl (C=O) groups is 1. The van der Waals surface area contributed by atoms with Gasteiger partial charge >= 0.3 is 6.18 Å². The highest BCUT2D eigenvalue weighted by molar-refractivity contribution is 5.78. The molecule has 84 valence electrons. The van der Waals surface area contributed by atoms with Crippen molar-refractivity contribution in [1.29, 1.82) is 0 Å². The van der Waals surface area contributed by atoms with Gasteiger partial charge in [0.25, 0.3) is 0 Å². The first-order valence-corrected chi connectivity index (χ1v) is 4.30. The molecular formula is C7H9F3N4O. The highest BCUT2D eigenvalue weighted by Crippen LogP contribution is 2.33. The molecule has 1 heterocycles. The minimum absolute atomic E-state index is 0.0734. The average molecular weight is 222 g/mol. The molecule has 0 bridgehead atoms. The maximum absolute atomic E-state index is 12.2. The van der Waals surface area contributed by atoms with Crippen molar-refractivity contribution in [2.75, 3.05) is 19.6 Å². The summed E-state index contributed by atoms with van der Waals surface area (Å²) in [5.41, 5.74) is 7.95. The van der Waals surface area contributed by atoms with E-state index in [2.05, 4.69) is 10.0 Å². The quantitative estimate of drug-likeness (QED) is 0.398. The van der Waals surface area contributed by atoms with Crippen molar-refractivity contribution in [2.45, 2.75) is 12.6 Å². The van der Waals surface area contributed by atoms with E-state index in [0.29, 0.717) is 0 Å². The first kappa shape index (κ1) is 11.6. The molecule has 1 aliphatic rings. The monoisotopic (exact) mass is 222 g/mol. The molecule has 0 aromatic carbocycles. The van der Waals surface area contributed by atoms with Crippen LogP contribution in [0, 0.1) is 5.92 Å². The number of rotatable bonds is 2. The number of nitrogens with zero attached hydrogens (tertiary/aromatic N) is 4. The van der Waals surface area contributed by atoms with E-state index in [1.54, 1.807) is 0 Å². The second-order valence-electron chi connectivity index (χ2n) is 3.26. The molecule has 0 aromatic heterocycles. The molecule has 1 fully saturated rings. The number of hydrogen-bond donors (Lipinski definition) is 0. The van der Waals surface area contributed by atoms with Crippen molar-refractivity contribution in [3.05, 3.63) is 10.4 Å². The molecule has 0 aliphatic carbocycles. The van der Waals surface area contributed by atoms with E-state index in [9.17, 15) is 18.0 Å². The molecule has 0 radical (unpaired) electrons. The summed E-state index contributed by atoms with van der Waals surface area (Å²) < 4.78 is 36.7. The third-order valence-electron chi connectivity index (χ3n) is 2.27. The smallest absolute Gasteiger partial charge is 0.342 e. The van der Waals surface area contributed by atoms with Crippen molar-refractivity contribution in [3.8, 4) is 0 Å². The lowest BCUT2D eigenvalue weighted by molar-refractivity contribution is -0.171. The Bertz CT molecular complexity index is 297. The van der Waals surface area contributed by atoms with E-state index >= 15 is 0 Å². The van der Waals surface area contributed by atoms with Crippen molar-refractivity contribution in [2.24, 2.45) is 11.0 Å². The molecule has 1 saturated heterocycles. The molecule has 1 amide bonds. The Kier molecular flexibility index (Phi) is 3.41. The first-order chi connectivity index (χ1) is 6.95. The van der Waals surface area contributed by atoms with Crippen LogP contribution in [0.3, 0.4) is 0 Å². The van der Waals surface area contributed by atoms with Gasteiger partial charge in [-0.25, -0.2) is 0 Å². The topological polar surface area (TPSA) is 69.1 Å². The maximum Gasteiger partial charge on any atom is 0.393 e. The zero-order chi connectivity index (χ0) is 11.5. The zero-order valence-corrected chi connectivity index (χ0v) is 7.74. The number of hydrogen-bond acceptors (Lipinski definition) is 2.